The molecule has 4 rings (SSSR count). The van der Waals surface area contributed by atoms with Gasteiger partial charge in [-0.1, -0.05) is 48.5 Å². The molecule has 1 aromatic heterocycles. The first-order valence-corrected chi connectivity index (χ1v) is 12.2. The molecule has 7 heteroatoms. The molecule has 0 atom stereocenters. The molecule has 0 fully saturated rings. The second kappa shape index (κ2) is 8.09. The van der Waals surface area contributed by atoms with Gasteiger partial charge in [-0.15, -0.1) is 11.3 Å². The van der Waals surface area contributed by atoms with Crippen molar-refractivity contribution in [1.29, 1.82) is 0 Å². The van der Waals surface area contributed by atoms with E-state index in [4.69, 9.17) is 0 Å². The van der Waals surface area contributed by atoms with Gasteiger partial charge in [0.25, 0.3) is 0 Å². The van der Waals surface area contributed by atoms with Crippen LogP contribution in [0, 0.1) is 6.92 Å². The predicted octanol–water partition coefficient (Wildman–Crippen LogP) is 5.55. The summed E-state index contributed by atoms with van der Waals surface area (Å²) in [6.07, 6.45) is 1.17. The highest BCUT2D eigenvalue weighted by Crippen LogP contribution is 2.34. The minimum atomic E-state index is -3.26. The van der Waals surface area contributed by atoms with E-state index in [9.17, 15) is 18.3 Å². The van der Waals surface area contributed by atoms with Crippen LogP contribution in [0.2, 0.25) is 0 Å². The topological polar surface area (TPSA) is 84.3 Å². The molecule has 1 heterocycles. The first-order chi connectivity index (χ1) is 14.7. The summed E-state index contributed by atoms with van der Waals surface area (Å²) in [6, 6.07) is 19.6. The van der Waals surface area contributed by atoms with Crippen molar-refractivity contribution in [2.24, 2.45) is 0 Å². The van der Waals surface area contributed by atoms with E-state index in [1.165, 1.54) is 17.6 Å². The van der Waals surface area contributed by atoms with Crippen LogP contribution in [0.5, 0.6) is 0 Å². The molecule has 1 N–H and O–H groups in total. The van der Waals surface area contributed by atoms with Gasteiger partial charge in [-0.2, -0.15) is 0 Å². The van der Waals surface area contributed by atoms with Gasteiger partial charge in [0.2, 0.25) is 0 Å². The van der Waals surface area contributed by atoms with Crippen LogP contribution in [0.4, 0.5) is 0 Å². The van der Waals surface area contributed by atoms with Crippen LogP contribution in [0.25, 0.3) is 33.0 Å². The molecule has 0 saturated heterocycles. The molecule has 0 aliphatic heterocycles. The number of aromatic carboxylic acids is 1. The maximum Gasteiger partial charge on any atom is 0.336 e. The van der Waals surface area contributed by atoms with Crippen LogP contribution in [0.3, 0.4) is 0 Å². The number of carbonyl (C=O) groups is 1. The maximum absolute atomic E-state index is 12.0. The molecule has 3 aromatic carbocycles. The zero-order valence-electron chi connectivity index (χ0n) is 16.9. The van der Waals surface area contributed by atoms with Gasteiger partial charge < -0.3 is 5.11 Å². The molecule has 4 aromatic rings. The van der Waals surface area contributed by atoms with E-state index >= 15 is 0 Å². The Hall–Kier alpha value is -3.29. The van der Waals surface area contributed by atoms with Crippen LogP contribution in [-0.4, -0.2) is 30.7 Å². The van der Waals surface area contributed by atoms with Gasteiger partial charge in [0.15, 0.2) is 9.84 Å². The zero-order chi connectivity index (χ0) is 22.2. The van der Waals surface area contributed by atoms with Gasteiger partial charge in [-0.3, -0.25) is 0 Å². The standard InChI is InChI=1S/C24H19NO4S2/c1-15-5-3-4-6-19(15)20-12-9-17(13-21(20)24(26)27)23-25-22(14-30-23)16-7-10-18(11-8-16)31(2,28)29/h3-14H,1-2H3,(H,26,27). The molecule has 0 bridgehead atoms. The average Bonchev–Trinajstić information content (AvgIpc) is 3.23. The molecule has 0 amide bonds. The highest BCUT2D eigenvalue weighted by atomic mass is 32.2. The highest BCUT2D eigenvalue weighted by molar-refractivity contribution is 7.90. The third-order valence-electron chi connectivity index (χ3n) is 5.01. The number of hydrogen-bond donors (Lipinski definition) is 1. The van der Waals surface area contributed by atoms with Gasteiger partial charge in [-0.25, -0.2) is 18.2 Å². The van der Waals surface area contributed by atoms with E-state index < -0.39 is 15.8 Å². The Morgan fingerprint density at radius 1 is 0.935 bits per heavy atom. The number of thiazole rings is 1. The van der Waals surface area contributed by atoms with Crippen molar-refractivity contribution < 1.29 is 18.3 Å². The van der Waals surface area contributed by atoms with Crippen molar-refractivity contribution in [3.63, 3.8) is 0 Å². The lowest BCUT2D eigenvalue weighted by Crippen LogP contribution is -2.01. The molecular formula is C24H19NO4S2. The summed E-state index contributed by atoms with van der Waals surface area (Å²) in [7, 11) is -3.26. The number of carboxylic acids is 1. The molecule has 5 nitrogen and oxygen atoms in total. The van der Waals surface area contributed by atoms with Gasteiger partial charge >= 0.3 is 5.97 Å². The van der Waals surface area contributed by atoms with Crippen LogP contribution < -0.4 is 0 Å². The fourth-order valence-corrected chi connectivity index (χ4v) is 4.83. The summed E-state index contributed by atoms with van der Waals surface area (Å²) in [4.78, 5) is 16.9. The highest BCUT2D eigenvalue weighted by Gasteiger charge is 2.16. The Morgan fingerprint density at radius 2 is 1.61 bits per heavy atom. The van der Waals surface area contributed by atoms with Crippen LogP contribution >= 0.6 is 11.3 Å². The van der Waals surface area contributed by atoms with Crippen molar-refractivity contribution in [2.45, 2.75) is 11.8 Å². The lowest BCUT2D eigenvalue weighted by atomic mass is 9.94. The number of aryl methyl sites for hydroxylation is 1. The van der Waals surface area contributed by atoms with Crippen molar-refractivity contribution in [3.05, 3.63) is 83.2 Å². The number of nitrogens with zero attached hydrogens (tertiary/aromatic N) is 1. The molecule has 0 saturated carbocycles. The Kier molecular flexibility index (Phi) is 5.47. The zero-order valence-corrected chi connectivity index (χ0v) is 18.5. The lowest BCUT2D eigenvalue weighted by molar-refractivity contribution is 0.0697. The van der Waals surface area contributed by atoms with E-state index in [0.29, 0.717) is 16.3 Å². The van der Waals surface area contributed by atoms with Crippen molar-refractivity contribution in [1.82, 2.24) is 4.98 Å². The van der Waals surface area contributed by atoms with Crippen molar-refractivity contribution >= 4 is 27.1 Å². The number of hydrogen-bond acceptors (Lipinski definition) is 5. The van der Waals surface area contributed by atoms with Crippen LogP contribution in [-0.2, 0) is 9.84 Å². The largest absolute Gasteiger partial charge is 0.478 e. The first kappa shape index (κ1) is 21.0. The fourth-order valence-electron chi connectivity index (χ4n) is 3.38. The monoisotopic (exact) mass is 449 g/mol. The predicted molar refractivity (Wildman–Crippen MR) is 123 cm³/mol. The van der Waals surface area contributed by atoms with E-state index in [2.05, 4.69) is 4.98 Å². The lowest BCUT2D eigenvalue weighted by Gasteiger charge is -2.10. The summed E-state index contributed by atoms with van der Waals surface area (Å²) in [5.41, 5.74) is 5.01. The minimum Gasteiger partial charge on any atom is -0.478 e. The third kappa shape index (κ3) is 4.28. The van der Waals surface area contributed by atoms with E-state index in [-0.39, 0.29) is 10.5 Å². The van der Waals surface area contributed by atoms with Gasteiger partial charge in [0.05, 0.1) is 16.2 Å². The van der Waals surface area contributed by atoms with E-state index in [1.54, 1.807) is 30.3 Å². The second-order valence-corrected chi connectivity index (χ2v) is 10.1. The Labute approximate surface area is 184 Å². The summed E-state index contributed by atoms with van der Waals surface area (Å²) < 4.78 is 23.3. The molecule has 156 valence electrons. The Morgan fingerprint density at radius 3 is 2.26 bits per heavy atom. The van der Waals surface area contributed by atoms with Gasteiger partial charge in [0.1, 0.15) is 5.01 Å². The SMILES string of the molecule is Cc1ccccc1-c1ccc(-c2nc(-c3ccc(S(C)(=O)=O)cc3)cs2)cc1C(=O)O. The molecule has 0 unspecified atom stereocenters. The fraction of sp³-hybridized carbons (Fsp3) is 0.0833. The van der Waals surface area contributed by atoms with Gasteiger partial charge in [-0.05, 0) is 41.8 Å². The average molecular weight is 450 g/mol. The molecular weight excluding hydrogens is 430 g/mol. The number of sulfone groups is 1. The number of rotatable bonds is 5. The smallest absolute Gasteiger partial charge is 0.336 e. The second-order valence-electron chi connectivity index (χ2n) is 7.21. The Bertz CT molecular complexity index is 1390. The molecule has 0 spiro atoms. The van der Waals surface area contributed by atoms with Gasteiger partial charge in [0, 0.05) is 22.8 Å². The number of benzene rings is 3. The summed E-state index contributed by atoms with van der Waals surface area (Å²) in [6.45, 7) is 1.96. The summed E-state index contributed by atoms with van der Waals surface area (Å²) >= 11 is 1.41. The molecule has 0 radical (unpaired) electrons. The number of aromatic nitrogens is 1. The molecule has 31 heavy (non-hydrogen) atoms. The minimum absolute atomic E-state index is 0.223. The van der Waals surface area contributed by atoms with Crippen LogP contribution in [0.15, 0.2) is 77.0 Å². The first-order valence-electron chi connectivity index (χ1n) is 9.44. The molecule has 0 aliphatic carbocycles. The van der Waals surface area contributed by atoms with Crippen LogP contribution in [0.1, 0.15) is 15.9 Å². The number of carboxylic acid groups (broad SMARTS) is 1. The quantitative estimate of drug-likeness (QED) is 0.432. The third-order valence-corrected chi connectivity index (χ3v) is 7.03. The van der Waals surface area contributed by atoms with E-state index in [0.717, 1.165) is 22.3 Å². The summed E-state index contributed by atoms with van der Waals surface area (Å²) in [5.74, 6) is -0.992. The van der Waals surface area contributed by atoms with E-state index in [1.807, 2.05) is 48.7 Å². The molecule has 0 aliphatic rings. The van der Waals surface area contributed by atoms with Crippen molar-refractivity contribution in [3.8, 4) is 33.0 Å². The van der Waals surface area contributed by atoms with Crippen molar-refractivity contribution in [2.75, 3.05) is 6.26 Å². The normalized spacial score (nSPS) is 11.4. The Balaban J connectivity index is 1.71. The maximum atomic E-state index is 12.0. The summed E-state index contributed by atoms with van der Waals surface area (Å²) in [5, 5.41) is 12.4.